The summed E-state index contributed by atoms with van der Waals surface area (Å²) in [4.78, 5) is 4.20. The first-order chi connectivity index (χ1) is 6.15. The van der Waals surface area contributed by atoms with Crippen LogP contribution < -0.4 is 5.73 Å². The van der Waals surface area contributed by atoms with Crippen molar-refractivity contribution in [2.75, 3.05) is 11.1 Å². The number of hydrogen-bond acceptors (Lipinski definition) is 2. The lowest BCUT2D eigenvalue weighted by Crippen LogP contribution is -1.97. The molecule has 0 aliphatic carbocycles. The molecule has 0 aliphatic rings. The summed E-state index contributed by atoms with van der Waals surface area (Å²) in [6, 6.07) is 1.89. The summed E-state index contributed by atoms with van der Waals surface area (Å²) in [5, 5.41) is 0.857. The molecular weight excluding hydrogens is 228 g/mol. The predicted molar refractivity (Wildman–Crippen MR) is 61.0 cm³/mol. The molecule has 0 spiro atoms. The van der Waals surface area contributed by atoms with Crippen LogP contribution in [-0.4, -0.2) is 10.3 Å². The second-order valence-corrected chi connectivity index (χ2v) is 3.57. The lowest BCUT2D eigenvalue weighted by molar-refractivity contribution is 1.17. The molecule has 0 atom stereocenters. The van der Waals surface area contributed by atoms with E-state index in [1.807, 2.05) is 26.0 Å². The van der Waals surface area contributed by atoms with Crippen LogP contribution in [0.3, 0.4) is 0 Å². The van der Waals surface area contributed by atoms with E-state index in [0.717, 1.165) is 16.6 Å². The van der Waals surface area contributed by atoms with E-state index in [0.29, 0.717) is 5.82 Å². The van der Waals surface area contributed by atoms with Crippen molar-refractivity contribution in [1.29, 1.82) is 0 Å². The first-order valence-corrected chi connectivity index (χ1v) is 5.23. The van der Waals surface area contributed by atoms with E-state index >= 15 is 0 Å². The molecule has 0 fully saturated rings. The molecule has 0 amide bonds. The molecule has 1 aromatic heterocycles. The smallest absolute Gasteiger partial charge is 0.123 e. The zero-order valence-electron chi connectivity index (χ0n) is 7.84. The molecule has 0 aromatic carbocycles. The van der Waals surface area contributed by atoms with Crippen LogP contribution >= 0.6 is 15.9 Å². The van der Waals surface area contributed by atoms with Gasteiger partial charge in [0.05, 0.1) is 0 Å². The number of allylic oxidation sites excluding steroid dienone is 1. The van der Waals surface area contributed by atoms with Gasteiger partial charge >= 0.3 is 0 Å². The highest BCUT2D eigenvalue weighted by atomic mass is 79.9. The lowest BCUT2D eigenvalue weighted by atomic mass is 10.1. The Labute approximate surface area is 87.0 Å². The van der Waals surface area contributed by atoms with Crippen molar-refractivity contribution in [3.05, 3.63) is 29.0 Å². The quantitative estimate of drug-likeness (QED) is 0.808. The number of aryl methyl sites for hydroxylation is 2. The number of nitrogens with two attached hydrogens (primary N) is 1. The molecule has 0 unspecified atom stereocenters. The highest BCUT2D eigenvalue weighted by Gasteiger charge is 2.00. The van der Waals surface area contributed by atoms with Gasteiger partial charge in [-0.2, -0.15) is 0 Å². The standard InChI is InChI=1S/C10H13BrN2/c1-7-6-10(12)13-8(2)9(7)4-3-5-11/h3-4,6H,5H2,1-2H3,(H2,12,13). The van der Waals surface area contributed by atoms with Gasteiger partial charge in [0.2, 0.25) is 0 Å². The van der Waals surface area contributed by atoms with Gasteiger partial charge in [0.25, 0.3) is 0 Å². The van der Waals surface area contributed by atoms with Crippen molar-refractivity contribution in [1.82, 2.24) is 4.98 Å². The maximum atomic E-state index is 5.61. The Morgan fingerprint density at radius 2 is 2.23 bits per heavy atom. The predicted octanol–water partition coefficient (Wildman–Crippen LogP) is 2.69. The highest BCUT2D eigenvalue weighted by molar-refractivity contribution is 9.09. The second-order valence-electron chi connectivity index (χ2n) is 2.92. The third-order valence-electron chi connectivity index (χ3n) is 1.85. The molecule has 0 bridgehead atoms. The molecule has 0 saturated carbocycles. The number of alkyl halides is 1. The zero-order chi connectivity index (χ0) is 9.84. The van der Waals surface area contributed by atoms with E-state index in [4.69, 9.17) is 5.73 Å². The third-order valence-corrected chi connectivity index (χ3v) is 2.22. The van der Waals surface area contributed by atoms with Gasteiger partial charge in [0.15, 0.2) is 0 Å². The second kappa shape index (κ2) is 4.42. The Hall–Kier alpha value is -0.830. The van der Waals surface area contributed by atoms with Crippen molar-refractivity contribution < 1.29 is 0 Å². The summed E-state index contributed by atoms with van der Waals surface area (Å²) in [6.45, 7) is 4.01. The van der Waals surface area contributed by atoms with Gasteiger partial charge in [0.1, 0.15) is 5.82 Å². The van der Waals surface area contributed by atoms with Gasteiger partial charge in [-0.05, 0) is 31.0 Å². The van der Waals surface area contributed by atoms with E-state index in [-0.39, 0.29) is 0 Å². The molecule has 13 heavy (non-hydrogen) atoms. The van der Waals surface area contributed by atoms with Crippen LogP contribution in [0.1, 0.15) is 16.8 Å². The molecule has 2 N–H and O–H groups in total. The average Bonchev–Trinajstić information content (AvgIpc) is 2.02. The molecule has 0 aliphatic heterocycles. The Morgan fingerprint density at radius 3 is 2.77 bits per heavy atom. The molecule has 1 rings (SSSR count). The fourth-order valence-electron chi connectivity index (χ4n) is 1.29. The molecule has 70 valence electrons. The van der Waals surface area contributed by atoms with Crippen LogP contribution in [0.25, 0.3) is 6.08 Å². The first kappa shape index (κ1) is 10.3. The van der Waals surface area contributed by atoms with Gasteiger partial charge in [-0.15, -0.1) is 0 Å². The number of pyridine rings is 1. The highest BCUT2D eigenvalue weighted by Crippen LogP contribution is 2.16. The van der Waals surface area contributed by atoms with Gasteiger partial charge in [-0.25, -0.2) is 4.98 Å². The largest absolute Gasteiger partial charge is 0.384 e. The van der Waals surface area contributed by atoms with Gasteiger partial charge in [0, 0.05) is 11.0 Å². The van der Waals surface area contributed by atoms with E-state index in [9.17, 15) is 0 Å². The number of anilines is 1. The summed E-state index contributed by atoms with van der Waals surface area (Å²) in [7, 11) is 0. The maximum absolute atomic E-state index is 5.61. The number of aromatic nitrogens is 1. The third kappa shape index (κ3) is 2.56. The molecular formula is C10H13BrN2. The van der Waals surface area contributed by atoms with Gasteiger partial charge in [-0.1, -0.05) is 28.1 Å². The fraction of sp³-hybridized carbons (Fsp3) is 0.300. The number of nitrogen functional groups attached to an aromatic ring is 1. The number of nitrogens with zero attached hydrogens (tertiary/aromatic N) is 1. The molecule has 0 radical (unpaired) electrons. The Balaban J connectivity index is 3.13. The van der Waals surface area contributed by atoms with Crippen LogP contribution in [0.5, 0.6) is 0 Å². The van der Waals surface area contributed by atoms with Crippen molar-refractivity contribution in [3.8, 4) is 0 Å². The van der Waals surface area contributed by atoms with Crippen LogP contribution in [0.15, 0.2) is 12.1 Å². The maximum Gasteiger partial charge on any atom is 0.123 e. The number of hydrogen-bond donors (Lipinski definition) is 1. The van der Waals surface area contributed by atoms with Crippen molar-refractivity contribution in [3.63, 3.8) is 0 Å². The number of rotatable bonds is 2. The molecule has 2 nitrogen and oxygen atoms in total. The van der Waals surface area contributed by atoms with E-state index in [1.54, 1.807) is 0 Å². The van der Waals surface area contributed by atoms with E-state index in [2.05, 4.69) is 27.0 Å². The summed E-state index contributed by atoms with van der Waals surface area (Å²) < 4.78 is 0. The molecule has 1 heterocycles. The Morgan fingerprint density at radius 1 is 1.54 bits per heavy atom. The SMILES string of the molecule is Cc1cc(N)nc(C)c1C=CCBr. The fourth-order valence-corrected chi connectivity index (χ4v) is 1.47. The van der Waals surface area contributed by atoms with Gasteiger partial charge < -0.3 is 5.73 Å². The van der Waals surface area contributed by atoms with Crippen LogP contribution in [0, 0.1) is 13.8 Å². The topological polar surface area (TPSA) is 38.9 Å². The molecule has 1 aromatic rings. The normalized spacial score (nSPS) is 11.0. The lowest BCUT2D eigenvalue weighted by Gasteiger charge is -2.05. The van der Waals surface area contributed by atoms with Crippen LogP contribution in [0.4, 0.5) is 5.82 Å². The first-order valence-electron chi connectivity index (χ1n) is 4.11. The van der Waals surface area contributed by atoms with E-state index in [1.165, 1.54) is 5.56 Å². The Kier molecular flexibility index (Phi) is 3.48. The summed E-state index contributed by atoms with van der Waals surface area (Å²) in [5.41, 5.74) is 8.92. The van der Waals surface area contributed by atoms with E-state index < -0.39 is 0 Å². The average molecular weight is 241 g/mol. The Bertz CT molecular complexity index is 309. The van der Waals surface area contributed by atoms with Gasteiger partial charge in [-0.3, -0.25) is 0 Å². The minimum absolute atomic E-state index is 0.589. The van der Waals surface area contributed by atoms with Crippen molar-refractivity contribution >= 4 is 27.8 Å². The minimum Gasteiger partial charge on any atom is -0.384 e. The minimum atomic E-state index is 0.589. The number of halogens is 1. The zero-order valence-corrected chi connectivity index (χ0v) is 9.43. The van der Waals surface area contributed by atoms with Crippen molar-refractivity contribution in [2.24, 2.45) is 0 Å². The van der Waals surface area contributed by atoms with Crippen molar-refractivity contribution in [2.45, 2.75) is 13.8 Å². The summed E-state index contributed by atoms with van der Waals surface area (Å²) >= 11 is 3.34. The monoisotopic (exact) mass is 240 g/mol. The molecule has 0 saturated heterocycles. The van der Waals surface area contributed by atoms with Crippen LogP contribution in [-0.2, 0) is 0 Å². The summed E-state index contributed by atoms with van der Waals surface area (Å²) in [6.07, 6.45) is 4.11. The van der Waals surface area contributed by atoms with Crippen LogP contribution in [0.2, 0.25) is 0 Å². The summed E-state index contributed by atoms with van der Waals surface area (Å²) in [5.74, 6) is 0.589. The molecule has 3 heteroatoms.